The summed E-state index contributed by atoms with van der Waals surface area (Å²) >= 11 is 2.58. The summed E-state index contributed by atoms with van der Waals surface area (Å²) in [5, 5.41) is 14.3. The minimum atomic E-state index is -2.95. The number of aromatic nitrogens is 2. The van der Waals surface area contributed by atoms with Crippen LogP contribution in [0.25, 0.3) is 0 Å². The van der Waals surface area contributed by atoms with E-state index >= 15 is 0 Å². The third-order valence-corrected chi connectivity index (χ3v) is 4.65. The Bertz CT molecular complexity index is 670. The first-order valence-electron chi connectivity index (χ1n) is 7.12. The Hall–Kier alpha value is -1.94. The van der Waals surface area contributed by atoms with E-state index in [9.17, 15) is 13.6 Å². The molecule has 0 unspecified atom stereocenters. The van der Waals surface area contributed by atoms with Crippen LogP contribution in [0.15, 0.2) is 28.6 Å². The van der Waals surface area contributed by atoms with Gasteiger partial charge in [-0.2, -0.15) is 8.78 Å². The zero-order chi connectivity index (χ0) is 17.4. The lowest BCUT2D eigenvalue weighted by Gasteiger charge is -2.11. The molecule has 6 nitrogen and oxygen atoms in total. The summed E-state index contributed by atoms with van der Waals surface area (Å²) in [6.45, 7) is -0.0995. The number of halogens is 2. The third-order valence-electron chi connectivity index (χ3n) is 2.64. The lowest BCUT2D eigenvalue weighted by atomic mass is 10.3. The minimum Gasteiger partial charge on any atom is -0.433 e. The number of benzene rings is 1. The highest BCUT2D eigenvalue weighted by molar-refractivity contribution is 8.01. The Morgan fingerprint density at radius 1 is 1.38 bits per heavy atom. The van der Waals surface area contributed by atoms with Gasteiger partial charge < -0.3 is 15.4 Å². The van der Waals surface area contributed by atoms with Crippen molar-refractivity contribution >= 4 is 39.8 Å². The monoisotopic (exact) mass is 374 g/mol. The van der Waals surface area contributed by atoms with Gasteiger partial charge in [0, 0.05) is 6.54 Å². The SMILES string of the molecule is CCCNc1nnc(SCC(=O)Nc2ccccc2OC(F)F)s1. The summed E-state index contributed by atoms with van der Waals surface area (Å²) in [6, 6.07) is 6.04. The first kappa shape index (κ1) is 18.4. The number of hydrogen-bond donors (Lipinski definition) is 2. The highest BCUT2D eigenvalue weighted by Crippen LogP contribution is 2.28. The molecule has 0 radical (unpaired) electrons. The van der Waals surface area contributed by atoms with E-state index in [0.717, 1.165) is 13.0 Å². The van der Waals surface area contributed by atoms with Gasteiger partial charge in [-0.3, -0.25) is 4.79 Å². The van der Waals surface area contributed by atoms with Crippen LogP contribution in [0, 0.1) is 0 Å². The van der Waals surface area contributed by atoms with Crippen molar-refractivity contribution in [1.29, 1.82) is 0 Å². The summed E-state index contributed by atoms with van der Waals surface area (Å²) in [5.41, 5.74) is 0.200. The molecule has 24 heavy (non-hydrogen) atoms. The number of carbonyl (C=O) groups is 1. The van der Waals surface area contributed by atoms with Crippen molar-refractivity contribution in [2.45, 2.75) is 24.3 Å². The number of anilines is 2. The average Bonchev–Trinajstić information content (AvgIpc) is 3.00. The summed E-state index contributed by atoms with van der Waals surface area (Å²) in [6.07, 6.45) is 0.977. The van der Waals surface area contributed by atoms with Gasteiger partial charge in [0.05, 0.1) is 11.4 Å². The second-order valence-electron chi connectivity index (χ2n) is 4.51. The number of para-hydroxylation sites is 2. The highest BCUT2D eigenvalue weighted by Gasteiger charge is 2.13. The predicted octanol–water partition coefficient (Wildman–Crippen LogP) is 3.69. The van der Waals surface area contributed by atoms with Crippen molar-refractivity contribution in [3.8, 4) is 5.75 Å². The van der Waals surface area contributed by atoms with Gasteiger partial charge in [-0.1, -0.05) is 42.2 Å². The first-order valence-corrected chi connectivity index (χ1v) is 8.92. The van der Waals surface area contributed by atoms with Gasteiger partial charge in [-0.05, 0) is 18.6 Å². The van der Waals surface area contributed by atoms with Crippen LogP contribution in [0.2, 0.25) is 0 Å². The second-order valence-corrected chi connectivity index (χ2v) is 6.71. The van der Waals surface area contributed by atoms with Gasteiger partial charge in [-0.15, -0.1) is 10.2 Å². The van der Waals surface area contributed by atoms with Crippen LogP contribution in [0.4, 0.5) is 19.6 Å². The van der Waals surface area contributed by atoms with Gasteiger partial charge in [0.25, 0.3) is 0 Å². The summed E-state index contributed by atoms with van der Waals surface area (Å²) in [4.78, 5) is 12.0. The van der Waals surface area contributed by atoms with E-state index in [1.54, 1.807) is 12.1 Å². The molecular formula is C14H16F2N4O2S2. The zero-order valence-electron chi connectivity index (χ0n) is 12.8. The van der Waals surface area contributed by atoms with Crippen LogP contribution >= 0.6 is 23.1 Å². The maximum absolute atomic E-state index is 12.3. The number of alkyl halides is 2. The molecule has 1 heterocycles. The predicted molar refractivity (Wildman–Crippen MR) is 91.1 cm³/mol. The van der Waals surface area contributed by atoms with Gasteiger partial charge in [0.2, 0.25) is 11.0 Å². The Morgan fingerprint density at radius 2 is 2.17 bits per heavy atom. The molecule has 0 atom stereocenters. The normalized spacial score (nSPS) is 10.7. The summed E-state index contributed by atoms with van der Waals surface area (Å²) in [7, 11) is 0. The Balaban J connectivity index is 1.86. The number of nitrogens with one attached hydrogen (secondary N) is 2. The van der Waals surface area contributed by atoms with E-state index in [1.165, 1.54) is 35.2 Å². The molecule has 1 amide bonds. The molecule has 0 aliphatic heterocycles. The molecule has 0 saturated heterocycles. The van der Waals surface area contributed by atoms with E-state index in [2.05, 4.69) is 25.6 Å². The van der Waals surface area contributed by atoms with Crippen molar-refractivity contribution in [2.24, 2.45) is 0 Å². The maximum atomic E-state index is 12.3. The zero-order valence-corrected chi connectivity index (χ0v) is 14.4. The fourth-order valence-corrected chi connectivity index (χ4v) is 3.23. The van der Waals surface area contributed by atoms with Crippen molar-refractivity contribution in [3.63, 3.8) is 0 Å². The fraction of sp³-hybridized carbons (Fsp3) is 0.357. The van der Waals surface area contributed by atoms with Crippen molar-refractivity contribution < 1.29 is 18.3 Å². The van der Waals surface area contributed by atoms with E-state index in [-0.39, 0.29) is 23.1 Å². The van der Waals surface area contributed by atoms with Gasteiger partial charge in [0.1, 0.15) is 5.75 Å². The van der Waals surface area contributed by atoms with Crippen LogP contribution in [-0.2, 0) is 4.79 Å². The molecule has 0 aliphatic rings. The lowest BCUT2D eigenvalue weighted by molar-refractivity contribution is -0.113. The van der Waals surface area contributed by atoms with E-state index in [1.807, 2.05) is 6.92 Å². The van der Waals surface area contributed by atoms with Crippen molar-refractivity contribution in [2.75, 3.05) is 22.9 Å². The van der Waals surface area contributed by atoms with Crippen molar-refractivity contribution in [3.05, 3.63) is 24.3 Å². The smallest absolute Gasteiger partial charge is 0.387 e. The number of nitrogens with zero attached hydrogens (tertiary/aromatic N) is 2. The Kier molecular flexibility index (Phi) is 7.19. The number of carbonyl (C=O) groups excluding carboxylic acids is 1. The Morgan fingerprint density at radius 3 is 2.92 bits per heavy atom. The lowest BCUT2D eigenvalue weighted by Crippen LogP contribution is -2.15. The number of hydrogen-bond acceptors (Lipinski definition) is 7. The molecule has 2 N–H and O–H groups in total. The first-order chi connectivity index (χ1) is 11.6. The molecule has 0 saturated carbocycles. The van der Waals surface area contributed by atoms with Crippen LogP contribution in [0.1, 0.15) is 13.3 Å². The number of ether oxygens (including phenoxy) is 1. The van der Waals surface area contributed by atoms with Gasteiger partial charge >= 0.3 is 6.61 Å². The van der Waals surface area contributed by atoms with Crippen LogP contribution in [0.5, 0.6) is 5.75 Å². The van der Waals surface area contributed by atoms with E-state index in [0.29, 0.717) is 9.47 Å². The molecule has 2 rings (SSSR count). The Labute approximate surface area is 146 Å². The largest absolute Gasteiger partial charge is 0.433 e. The maximum Gasteiger partial charge on any atom is 0.387 e. The molecule has 1 aromatic heterocycles. The van der Waals surface area contributed by atoms with Crippen LogP contribution in [-0.4, -0.2) is 35.0 Å². The highest BCUT2D eigenvalue weighted by atomic mass is 32.2. The minimum absolute atomic E-state index is 0.0761. The van der Waals surface area contributed by atoms with Gasteiger partial charge in [-0.25, -0.2) is 0 Å². The summed E-state index contributed by atoms with van der Waals surface area (Å²) < 4.78 is 29.7. The molecule has 0 aliphatic carbocycles. The van der Waals surface area contributed by atoms with E-state index < -0.39 is 6.61 Å². The topological polar surface area (TPSA) is 76.1 Å². The molecule has 0 bridgehead atoms. The van der Waals surface area contributed by atoms with Gasteiger partial charge in [0.15, 0.2) is 4.34 Å². The number of thioether (sulfide) groups is 1. The molecule has 130 valence electrons. The molecule has 10 heteroatoms. The molecule has 0 spiro atoms. The van der Waals surface area contributed by atoms with Crippen molar-refractivity contribution in [1.82, 2.24) is 10.2 Å². The molecule has 1 aromatic carbocycles. The standard InChI is InChI=1S/C14H16F2N4O2S2/c1-2-7-17-13-19-20-14(24-13)23-8-11(21)18-9-5-3-4-6-10(9)22-12(15)16/h3-6,12H,2,7-8H2,1H3,(H,17,19)(H,18,21). The number of rotatable bonds is 9. The third kappa shape index (κ3) is 5.93. The van der Waals surface area contributed by atoms with E-state index in [4.69, 9.17) is 0 Å². The fourth-order valence-electron chi connectivity index (χ4n) is 1.65. The summed E-state index contributed by atoms with van der Waals surface area (Å²) in [5.74, 6) is -0.331. The molecule has 0 fully saturated rings. The van der Waals surface area contributed by atoms with Crippen LogP contribution in [0.3, 0.4) is 0 Å². The molecule has 2 aromatic rings. The van der Waals surface area contributed by atoms with Crippen LogP contribution < -0.4 is 15.4 Å². The quantitative estimate of drug-likeness (QED) is 0.652. The molecular weight excluding hydrogens is 358 g/mol. The number of amides is 1. The average molecular weight is 374 g/mol. The second kappa shape index (κ2) is 9.38.